The van der Waals surface area contributed by atoms with E-state index >= 15 is 0 Å². The molecule has 0 aromatic heterocycles. The van der Waals surface area contributed by atoms with Gasteiger partial charge in [-0.15, -0.1) is 0 Å². The van der Waals surface area contributed by atoms with Crippen molar-refractivity contribution in [3.63, 3.8) is 0 Å². The first kappa shape index (κ1) is 11.0. The molecule has 4 heteroatoms. The molecule has 0 unspecified atom stereocenters. The van der Waals surface area contributed by atoms with E-state index in [9.17, 15) is 9.50 Å². The van der Waals surface area contributed by atoms with Crippen LogP contribution in [0.15, 0.2) is 16.6 Å². The summed E-state index contributed by atoms with van der Waals surface area (Å²) < 4.78 is 13.7. The highest BCUT2D eigenvalue weighted by atomic mass is 79.9. The molecule has 1 aromatic rings. The number of hydrogen-bond donors (Lipinski definition) is 1. The van der Waals surface area contributed by atoms with E-state index in [-0.39, 0.29) is 15.8 Å². The van der Waals surface area contributed by atoms with Crippen molar-refractivity contribution in [2.75, 3.05) is 0 Å². The predicted molar refractivity (Wildman–Crippen MR) is 54.4 cm³/mol. The summed E-state index contributed by atoms with van der Waals surface area (Å²) in [5.74, 6) is -0.564. The van der Waals surface area contributed by atoms with Crippen molar-refractivity contribution >= 4 is 15.9 Å². The Morgan fingerprint density at radius 3 is 2.57 bits per heavy atom. The van der Waals surface area contributed by atoms with Gasteiger partial charge in [-0.05, 0) is 41.9 Å². The molecule has 0 radical (unpaired) electrons. The number of benzene rings is 1. The Balaban J connectivity index is 3.49. The quantitative estimate of drug-likeness (QED) is 0.841. The maximum atomic E-state index is 13.4. The van der Waals surface area contributed by atoms with Gasteiger partial charge in [-0.1, -0.05) is 0 Å². The number of phenols is 1. The summed E-state index contributed by atoms with van der Waals surface area (Å²) in [5, 5.41) is 18.2. The lowest BCUT2D eigenvalue weighted by Gasteiger charge is -2.18. The van der Waals surface area contributed by atoms with Crippen LogP contribution in [-0.2, 0) is 5.41 Å². The van der Waals surface area contributed by atoms with E-state index in [0.717, 1.165) is 6.07 Å². The highest BCUT2D eigenvalue weighted by Gasteiger charge is 2.27. The van der Waals surface area contributed by atoms with Crippen LogP contribution in [0.1, 0.15) is 19.4 Å². The van der Waals surface area contributed by atoms with Crippen molar-refractivity contribution in [3.8, 4) is 11.8 Å². The van der Waals surface area contributed by atoms with Gasteiger partial charge in [-0.2, -0.15) is 5.26 Å². The number of halogens is 2. The molecule has 0 heterocycles. The minimum Gasteiger partial charge on any atom is -0.507 e. The Kier molecular flexibility index (Phi) is 2.81. The summed E-state index contributed by atoms with van der Waals surface area (Å²) >= 11 is 3.07. The van der Waals surface area contributed by atoms with Gasteiger partial charge in [0, 0.05) is 5.56 Å². The molecule has 0 spiro atoms. The molecule has 0 saturated carbocycles. The van der Waals surface area contributed by atoms with Crippen molar-refractivity contribution in [3.05, 3.63) is 28.0 Å². The average Bonchev–Trinajstić information content (AvgIpc) is 2.12. The molecular weight excluding hydrogens is 249 g/mol. The molecule has 0 saturated heterocycles. The lowest BCUT2D eigenvalue weighted by molar-refractivity contribution is 0.463. The van der Waals surface area contributed by atoms with Crippen LogP contribution in [0.25, 0.3) is 0 Å². The first-order valence-electron chi connectivity index (χ1n) is 3.99. The second-order valence-electron chi connectivity index (χ2n) is 3.49. The van der Waals surface area contributed by atoms with Crippen LogP contribution in [0.5, 0.6) is 5.75 Å². The zero-order valence-corrected chi connectivity index (χ0v) is 9.39. The number of hydrogen-bond acceptors (Lipinski definition) is 2. The monoisotopic (exact) mass is 257 g/mol. The largest absolute Gasteiger partial charge is 0.507 e. The van der Waals surface area contributed by atoms with Gasteiger partial charge >= 0.3 is 0 Å². The number of nitriles is 1. The van der Waals surface area contributed by atoms with Gasteiger partial charge in [0.15, 0.2) is 0 Å². The third kappa shape index (κ3) is 1.73. The maximum Gasteiger partial charge on any atom is 0.130 e. The van der Waals surface area contributed by atoms with Gasteiger partial charge in [-0.25, -0.2) is 4.39 Å². The summed E-state index contributed by atoms with van der Waals surface area (Å²) in [4.78, 5) is 0. The first-order valence-corrected chi connectivity index (χ1v) is 4.78. The summed E-state index contributed by atoms with van der Waals surface area (Å²) in [6.45, 7) is 3.19. The molecule has 0 fully saturated rings. The van der Waals surface area contributed by atoms with Crippen molar-refractivity contribution in [2.45, 2.75) is 19.3 Å². The minimum atomic E-state index is -0.971. The predicted octanol–water partition coefficient (Wildman–Crippen LogP) is 3.09. The topological polar surface area (TPSA) is 44.0 Å². The fourth-order valence-corrected chi connectivity index (χ4v) is 1.99. The minimum absolute atomic E-state index is 0.0651. The van der Waals surface area contributed by atoms with Crippen LogP contribution in [0, 0.1) is 17.1 Å². The SMILES string of the molecule is CC(C)(C#N)c1c(F)ccc(O)c1Br. The van der Waals surface area contributed by atoms with E-state index in [4.69, 9.17) is 5.26 Å². The molecule has 0 bridgehead atoms. The summed E-state index contributed by atoms with van der Waals surface area (Å²) in [5.41, 5.74) is -0.790. The highest BCUT2D eigenvalue weighted by molar-refractivity contribution is 9.10. The van der Waals surface area contributed by atoms with Crippen LogP contribution in [-0.4, -0.2) is 5.11 Å². The molecule has 0 amide bonds. The van der Waals surface area contributed by atoms with Crippen LogP contribution in [0.3, 0.4) is 0 Å². The van der Waals surface area contributed by atoms with E-state index in [1.807, 2.05) is 6.07 Å². The summed E-state index contributed by atoms with van der Waals surface area (Å²) in [6.07, 6.45) is 0. The van der Waals surface area contributed by atoms with Crippen molar-refractivity contribution in [2.24, 2.45) is 0 Å². The number of aromatic hydroxyl groups is 1. The van der Waals surface area contributed by atoms with Crippen LogP contribution < -0.4 is 0 Å². The molecule has 1 rings (SSSR count). The number of rotatable bonds is 1. The zero-order chi connectivity index (χ0) is 10.9. The smallest absolute Gasteiger partial charge is 0.130 e. The zero-order valence-electron chi connectivity index (χ0n) is 7.81. The molecule has 2 nitrogen and oxygen atoms in total. The van der Waals surface area contributed by atoms with Crippen molar-refractivity contribution < 1.29 is 9.50 Å². The third-order valence-corrected chi connectivity index (χ3v) is 2.78. The van der Waals surface area contributed by atoms with E-state index < -0.39 is 11.2 Å². The molecule has 74 valence electrons. The molecule has 14 heavy (non-hydrogen) atoms. The molecule has 0 aliphatic carbocycles. The molecule has 0 atom stereocenters. The summed E-state index contributed by atoms with van der Waals surface area (Å²) in [6, 6.07) is 4.38. The van der Waals surface area contributed by atoms with Crippen molar-refractivity contribution in [1.82, 2.24) is 0 Å². The maximum absolute atomic E-state index is 13.4. The Bertz CT molecular complexity index is 409. The Morgan fingerprint density at radius 2 is 2.07 bits per heavy atom. The van der Waals surface area contributed by atoms with E-state index in [1.54, 1.807) is 13.8 Å². The van der Waals surface area contributed by atoms with Crippen LogP contribution >= 0.6 is 15.9 Å². The standard InChI is InChI=1S/C10H9BrFNO/c1-10(2,5-13)8-6(12)3-4-7(14)9(8)11/h3-4,14H,1-2H3. The van der Waals surface area contributed by atoms with Gasteiger partial charge < -0.3 is 5.11 Å². The highest BCUT2D eigenvalue weighted by Crippen LogP contribution is 2.37. The normalized spacial score (nSPS) is 11.1. The van der Waals surface area contributed by atoms with Crippen LogP contribution in [0.2, 0.25) is 0 Å². The fourth-order valence-electron chi connectivity index (χ4n) is 1.17. The Labute approximate surface area is 90.1 Å². The third-order valence-electron chi connectivity index (χ3n) is 1.98. The van der Waals surface area contributed by atoms with Gasteiger partial charge in [0.25, 0.3) is 0 Å². The van der Waals surface area contributed by atoms with E-state index in [2.05, 4.69) is 15.9 Å². The first-order chi connectivity index (χ1) is 6.40. The van der Waals surface area contributed by atoms with Crippen molar-refractivity contribution in [1.29, 1.82) is 5.26 Å². The second kappa shape index (κ2) is 3.58. The molecule has 1 N–H and O–H groups in total. The average molecular weight is 258 g/mol. The lowest BCUT2D eigenvalue weighted by atomic mass is 9.86. The van der Waals surface area contributed by atoms with Gasteiger partial charge in [-0.3, -0.25) is 0 Å². The Hall–Kier alpha value is -1.08. The van der Waals surface area contributed by atoms with Gasteiger partial charge in [0.2, 0.25) is 0 Å². The fraction of sp³-hybridized carbons (Fsp3) is 0.300. The van der Waals surface area contributed by atoms with Gasteiger partial charge in [0.05, 0.1) is 16.0 Å². The summed E-state index contributed by atoms with van der Waals surface area (Å²) in [7, 11) is 0. The molecule has 0 aliphatic rings. The molecule has 0 aliphatic heterocycles. The number of phenolic OH excluding ortho intramolecular Hbond substituents is 1. The second-order valence-corrected chi connectivity index (χ2v) is 4.29. The molecular formula is C10H9BrFNO. The van der Waals surface area contributed by atoms with E-state index in [1.165, 1.54) is 6.07 Å². The van der Waals surface area contributed by atoms with E-state index in [0.29, 0.717) is 0 Å². The van der Waals surface area contributed by atoms with Gasteiger partial charge in [0.1, 0.15) is 11.6 Å². The number of nitrogens with zero attached hydrogens (tertiary/aromatic N) is 1. The Morgan fingerprint density at radius 1 is 1.50 bits per heavy atom. The lowest BCUT2D eigenvalue weighted by Crippen LogP contribution is -2.16. The molecule has 1 aromatic carbocycles. The van der Waals surface area contributed by atoms with Crippen LogP contribution in [0.4, 0.5) is 4.39 Å².